The van der Waals surface area contributed by atoms with E-state index in [1.807, 2.05) is 73.7 Å². The van der Waals surface area contributed by atoms with Gasteiger partial charge in [-0.1, -0.05) is 48.5 Å². The van der Waals surface area contributed by atoms with E-state index in [1.54, 1.807) is 11.2 Å². The molecule has 0 radical (unpaired) electrons. The van der Waals surface area contributed by atoms with Gasteiger partial charge in [-0.15, -0.1) is 0 Å². The number of furan rings is 1. The zero-order valence-corrected chi connectivity index (χ0v) is 14.2. The Kier molecular flexibility index (Phi) is 5.52. The maximum atomic E-state index is 12.7. The Bertz CT molecular complexity index is 797. The van der Waals surface area contributed by atoms with E-state index in [1.165, 1.54) is 0 Å². The van der Waals surface area contributed by atoms with Crippen molar-refractivity contribution >= 4 is 5.91 Å². The highest BCUT2D eigenvalue weighted by Crippen LogP contribution is 2.17. The number of rotatable bonds is 7. The lowest BCUT2D eigenvalue weighted by Gasteiger charge is -2.22. The summed E-state index contributed by atoms with van der Waals surface area (Å²) in [5.74, 6) is 1.40. The molecule has 4 heteroatoms. The van der Waals surface area contributed by atoms with Gasteiger partial charge in [0.25, 0.3) is 5.91 Å². The van der Waals surface area contributed by atoms with E-state index in [2.05, 4.69) is 0 Å². The molecule has 128 valence electrons. The highest BCUT2D eigenvalue weighted by Gasteiger charge is 2.17. The minimum absolute atomic E-state index is 0.00159. The van der Waals surface area contributed by atoms with Crippen molar-refractivity contribution in [1.82, 2.24) is 4.90 Å². The highest BCUT2D eigenvalue weighted by molar-refractivity contribution is 5.77. The number of carbonyl (C=O) groups is 1. The Morgan fingerprint density at radius 3 is 2.44 bits per heavy atom. The van der Waals surface area contributed by atoms with E-state index in [-0.39, 0.29) is 12.5 Å². The summed E-state index contributed by atoms with van der Waals surface area (Å²) < 4.78 is 11.1. The van der Waals surface area contributed by atoms with E-state index in [4.69, 9.17) is 9.15 Å². The van der Waals surface area contributed by atoms with Crippen LogP contribution in [0.15, 0.2) is 77.4 Å². The van der Waals surface area contributed by atoms with E-state index < -0.39 is 0 Å². The van der Waals surface area contributed by atoms with Crippen LogP contribution in [-0.4, -0.2) is 17.4 Å². The number of aryl methyl sites for hydroxylation is 1. The Balaban J connectivity index is 1.69. The van der Waals surface area contributed by atoms with Crippen LogP contribution in [-0.2, 0) is 17.9 Å². The summed E-state index contributed by atoms with van der Waals surface area (Å²) >= 11 is 0. The fourth-order valence-electron chi connectivity index (χ4n) is 2.58. The van der Waals surface area contributed by atoms with Gasteiger partial charge < -0.3 is 14.1 Å². The smallest absolute Gasteiger partial charge is 0.261 e. The highest BCUT2D eigenvalue weighted by atomic mass is 16.5. The molecule has 0 spiro atoms. The van der Waals surface area contributed by atoms with E-state index >= 15 is 0 Å². The lowest BCUT2D eigenvalue weighted by atomic mass is 10.2. The molecule has 1 amide bonds. The fraction of sp³-hybridized carbons (Fsp3) is 0.190. The van der Waals surface area contributed by atoms with Gasteiger partial charge in [-0.3, -0.25) is 4.79 Å². The Hall–Kier alpha value is -3.01. The zero-order valence-electron chi connectivity index (χ0n) is 14.2. The lowest BCUT2D eigenvalue weighted by molar-refractivity contribution is -0.134. The first-order valence-corrected chi connectivity index (χ1v) is 8.25. The third kappa shape index (κ3) is 4.73. The number of carbonyl (C=O) groups excluding carboxylic acids is 1. The van der Waals surface area contributed by atoms with Crippen LogP contribution in [0.5, 0.6) is 5.75 Å². The van der Waals surface area contributed by atoms with Gasteiger partial charge in [0.2, 0.25) is 0 Å². The molecule has 1 heterocycles. The first-order chi connectivity index (χ1) is 12.2. The summed E-state index contributed by atoms with van der Waals surface area (Å²) in [6.45, 7) is 2.89. The van der Waals surface area contributed by atoms with Crippen LogP contribution in [0.2, 0.25) is 0 Å². The normalized spacial score (nSPS) is 10.4. The van der Waals surface area contributed by atoms with E-state index in [0.717, 1.165) is 22.6 Å². The second-order valence-corrected chi connectivity index (χ2v) is 5.87. The summed E-state index contributed by atoms with van der Waals surface area (Å²) in [5, 5.41) is 0. The molecule has 3 rings (SSSR count). The van der Waals surface area contributed by atoms with Gasteiger partial charge in [0.15, 0.2) is 6.61 Å². The van der Waals surface area contributed by atoms with Crippen molar-refractivity contribution in [2.75, 3.05) is 6.61 Å². The second kappa shape index (κ2) is 8.20. The number of hydrogen-bond donors (Lipinski definition) is 0. The predicted octanol–water partition coefficient (Wildman–Crippen LogP) is 4.20. The second-order valence-electron chi connectivity index (χ2n) is 5.87. The van der Waals surface area contributed by atoms with Crippen LogP contribution < -0.4 is 4.74 Å². The number of hydrogen-bond acceptors (Lipinski definition) is 3. The van der Waals surface area contributed by atoms with Crippen molar-refractivity contribution in [3.63, 3.8) is 0 Å². The molecule has 0 bridgehead atoms. The standard InChI is InChI=1S/C21H21NO3/c1-17-8-5-6-12-20(17)25-16-21(23)22(15-19-11-7-13-24-19)14-18-9-3-2-4-10-18/h2-13H,14-16H2,1H3. The molecule has 1 aromatic heterocycles. The monoisotopic (exact) mass is 335 g/mol. The molecule has 0 aliphatic heterocycles. The molecule has 3 aromatic rings. The van der Waals surface area contributed by atoms with Crippen LogP contribution in [0.1, 0.15) is 16.9 Å². The summed E-state index contributed by atoms with van der Waals surface area (Å²) in [5.41, 5.74) is 2.08. The molecule has 0 unspecified atom stereocenters. The number of amides is 1. The van der Waals surface area contributed by atoms with Crippen molar-refractivity contribution < 1.29 is 13.9 Å². The first-order valence-electron chi connectivity index (χ1n) is 8.25. The Morgan fingerprint density at radius 1 is 0.960 bits per heavy atom. The molecular formula is C21H21NO3. The average Bonchev–Trinajstić information content (AvgIpc) is 3.14. The summed E-state index contributed by atoms with van der Waals surface area (Å²) in [6.07, 6.45) is 1.62. The van der Waals surface area contributed by atoms with Crippen LogP contribution in [0.25, 0.3) is 0 Å². The first kappa shape index (κ1) is 16.8. The zero-order chi connectivity index (χ0) is 17.5. The molecule has 25 heavy (non-hydrogen) atoms. The molecular weight excluding hydrogens is 314 g/mol. The van der Waals surface area contributed by atoms with Gasteiger partial charge in [0, 0.05) is 6.54 Å². The van der Waals surface area contributed by atoms with Gasteiger partial charge in [0.1, 0.15) is 11.5 Å². The SMILES string of the molecule is Cc1ccccc1OCC(=O)N(Cc1ccccc1)Cc1ccco1. The molecule has 0 N–H and O–H groups in total. The largest absolute Gasteiger partial charge is 0.484 e. The fourth-order valence-corrected chi connectivity index (χ4v) is 2.58. The van der Waals surface area contributed by atoms with Gasteiger partial charge in [0.05, 0.1) is 12.8 Å². The van der Waals surface area contributed by atoms with Crippen LogP contribution in [0.3, 0.4) is 0 Å². The molecule has 0 atom stereocenters. The van der Waals surface area contributed by atoms with Crippen LogP contribution in [0, 0.1) is 6.92 Å². The predicted molar refractivity (Wildman–Crippen MR) is 96.1 cm³/mol. The third-order valence-corrected chi connectivity index (χ3v) is 3.94. The van der Waals surface area contributed by atoms with E-state index in [9.17, 15) is 4.79 Å². The summed E-state index contributed by atoms with van der Waals surface area (Å²) in [4.78, 5) is 14.5. The number of nitrogens with zero attached hydrogens (tertiary/aromatic N) is 1. The van der Waals surface area contributed by atoms with Gasteiger partial charge in [-0.25, -0.2) is 0 Å². The van der Waals surface area contributed by atoms with Gasteiger partial charge >= 0.3 is 0 Å². The number of para-hydroxylation sites is 1. The minimum atomic E-state index is -0.0801. The van der Waals surface area contributed by atoms with Crippen molar-refractivity contribution in [1.29, 1.82) is 0 Å². The Labute approximate surface area is 147 Å². The van der Waals surface area contributed by atoms with Crippen molar-refractivity contribution in [3.05, 3.63) is 89.9 Å². The van der Waals surface area contributed by atoms with Gasteiger partial charge in [-0.2, -0.15) is 0 Å². The van der Waals surface area contributed by atoms with Crippen molar-refractivity contribution in [2.45, 2.75) is 20.0 Å². The Morgan fingerprint density at radius 2 is 1.72 bits per heavy atom. The molecule has 0 aliphatic carbocycles. The summed E-state index contributed by atoms with van der Waals surface area (Å²) in [6, 6.07) is 21.3. The van der Waals surface area contributed by atoms with Crippen molar-refractivity contribution in [2.24, 2.45) is 0 Å². The maximum Gasteiger partial charge on any atom is 0.261 e. The molecule has 2 aromatic carbocycles. The summed E-state index contributed by atoms with van der Waals surface area (Å²) in [7, 11) is 0. The molecule has 0 saturated heterocycles. The quantitative estimate of drug-likeness (QED) is 0.650. The average molecular weight is 335 g/mol. The van der Waals surface area contributed by atoms with Crippen LogP contribution >= 0.6 is 0 Å². The molecule has 0 aliphatic rings. The van der Waals surface area contributed by atoms with Gasteiger partial charge in [-0.05, 0) is 36.2 Å². The van der Waals surface area contributed by atoms with E-state index in [0.29, 0.717) is 13.1 Å². The topological polar surface area (TPSA) is 42.7 Å². The van der Waals surface area contributed by atoms with Crippen molar-refractivity contribution in [3.8, 4) is 5.75 Å². The minimum Gasteiger partial charge on any atom is -0.484 e. The lowest BCUT2D eigenvalue weighted by Crippen LogP contribution is -2.34. The molecule has 4 nitrogen and oxygen atoms in total. The third-order valence-electron chi connectivity index (χ3n) is 3.94. The van der Waals surface area contributed by atoms with Crippen LogP contribution in [0.4, 0.5) is 0 Å². The number of ether oxygens (including phenoxy) is 1. The number of benzene rings is 2. The molecule has 0 fully saturated rings. The maximum absolute atomic E-state index is 12.7. The molecule has 0 saturated carbocycles.